The van der Waals surface area contributed by atoms with Crippen LogP contribution in [0.15, 0.2) is 6.20 Å². The van der Waals surface area contributed by atoms with Gasteiger partial charge in [0.05, 0.1) is 19.8 Å². The van der Waals surface area contributed by atoms with E-state index >= 15 is 0 Å². The normalized spacial score (nSPS) is 28.2. The minimum atomic E-state index is 0.0393. The molecule has 2 unspecified atom stereocenters. The summed E-state index contributed by atoms with van der Waals surface area (Å²) in [7, 11) is 5.20. The van der Waals surface area contributed by atoms with Gasteiger partial charge in [0.25, 0.3) is 0 Å². The molecule has 120 valence electrons. The zero-order valence-electron chi connectivity index (χ0n) is 13.4. The van der Waals surface area contributed by atoms with Gasteiger partial charge >= 0.3 is 6.01 Å². The summed E-state index contributed by atoms with van der Waals surface area (Å²) in [6, 6.07) is 1.26. The molecule has 2 bridgehead atoms. The second kappa shape index (κ2) is 6.20. The van der Waals surface area contributed by atoms with E-state index in [2.05, 4.69) is 21.9 Å². The molecule has 0 N–H and O–H groups in total. The van der Waals surface area contributed by atoms with Gasteiger partial charge in [-0.15, -0.1) is 0 Å². The number of aromatic nitrogens is 2. The van der Waals surface area contributed by atoms with Gasteiger partial charge in [-0.05, 0) is 32.7 Å². The van der Waals surface area contributed by atoms with E-state index < -0.39 is 0 Å². The minimum absolute atomic E-state index is 0.0393. The highest BCUT2D eigenvalue weighted by Crippen LogP contribution is 2.38. The molecule has 22 heavy (non-hydrogen) atoms. The Labute approximate surface area is 130 Å². The predicted octanol–water partition coefficient (Wildman–Crippen LogP) is 1.94. The second-order valence-corrected chi connectivity index (χ2v) is 6.22. The van der Waals surface area contributed by atoms with Gasteiger partial charge in [-0.25, -0.2) is 4.98 Å². The molecule has 0 spiro atoms. The first-order chi connectivity index (χ1) is 10.6. The highest BCUT2D eigenvalue weighted by atomic mass is 16.5. The van der Waals surface area contributed by atoms with Crippen LogP contribution in [0.25, 0.3) is 0 Å². The maximum atomic E-state index is 12.9. The summed E-state index contributed by atoms with van der Waals surface area (Å²) in [4.78, 5) is 23.5. The van der Waals surface area contributed by atoms with Crippen molar-refractivity contribution in [1.82, 2.24) is 14.9 Å². The second-order valence-electron chi connectivity index (χ2n) is 6.22. The third kappa shape index (κ3) is 2.67. The Kier molecular flexibility index (Phi) is 4.29. The third-order valence-corrected chi connectivity index (χ3v) is 5.08. The first-order valence-electron chi connectivity index (χ1n) is 7.85. The van der Waals surface area contributed by atoms with Crippen molar-refractivity contribution in [2.75, 3.05) is 21.3 Å². The molecular weight excluding hydrogens is 282 g/mol. The molecule has 6 nitrogen and oxygen atoms in total. The maximum Gasteiger partial charge on any atom is 0.319 e. The fraction of sp³-hybridized carbons (Fsp3) is 0.688. The number of ether oxygens (including phenoxy) is 2. The van der Waals surface area contributed by atoms with E-state index in [1.54, 1.807) is 0 Å². The van der Waals surface area contributed by atoms with E-state index in [-0.39, 0.29) is 17.7 Å². The zero-order chi connectivity index (χ0) is 15.7. The van der Waals surface area contributed by atoms with Crippen LogP contribution in [-0.4, -0.2) is 54.0 Å². The molecule has 0 aromatic carbocycles. The van der Waals surface area contributed by atoms with Crippen molar-refractivity contribution in [2.24, 2.45) is 5.92 Å². The van der Waals surface area contributed by atoms with Gasteiger partial charge in [-0.2, -0.15) is 4.98 Å². The van der Waals surface area contributed by atoms with E-state index in [0.29, 0.717) is 23.5 Å². The summed E-state index contributed by atoms with van der Waals surface area (Å²) >= 11 is 0. The van der Waals surface area contributed by atoms with Crippen molar-refractivity contribution >= 4 is 5.78 Å². The Morgan fingerprint density at radius 2 is 1.91 bits per heavy atom. The van der Waals surface area contributed by atoms with Crippen molar-refractivity contribution in [1.29, 1.82) is 0 Å². The smallest absolute Gasteiger partial charge is 0.319 e. The van der Waals surface area contributed by atoms with Crippen LogP contribution < -0.4 is 9.47 Å². The van der Waals surface area contributed by atoms with Gasteiger partial charge in [0.1, 0.15) is 0 Å². The van der Waals surface area contributed by atoms with E-state index in [9.17, 15) is 4.79 Å². The van der Waals surface area contributed by atoms with Crippen molar-refractivity contribution < 1.29 is 14.3 Å². The number of ketones is 1. The molecule has 2 fully saturated rings. The Morgan fingerprint density at radius 1 is 1.23 bits per heavy atom. The lowest BCUT2D eigenvalue weighted by Gasteiger charge is -2.46. The Hall–Kier alpha value is -1.69. The van der Waals surface area contributed by atoms with Crippen LogP contribution in [0.3, 0.4) is 0 Å². The highest BCUT2D eigenvalue weighted by molar-refractivity contribution is 5.99. The number of methoxy groups -OCH3 is 2. The number of piperidine rings is 2. The average molecular weight is 305 g/mol. The van der Waals surface area contributed by atoms with E-state index in [1.807, 2.05) is 0 Å². The molecule has 2 saturated heterocycles. The summed E-state index contributed by atoms with van der Waals surface area (Å²) in [5, 5.41) is 0. The monoisotopic (exact) mass is 305 g/mol. The number of nitrogens with zero attached hydrogens (tertiary/aromatic N) is 3. The molecule has 0 radical (unpaired) electrons. The van der Waals surface area contributed by atoms with Crippen molar-refractivity contribution in [3.05, 3.63) is 11.8 Å². The number of Topliss-reactive ketones (excluding diaryl/α,β-unsaturated/α-hetero) is 1. The van der Waals surface area contributed by atoms with Gasteiger partial charge in [0.2, 0.25) is 5.88 Å². The number of carbonyl (C=O) groups is 1. The summed E-state index contributed by atoms with van der Waals surface area (Å²) < 4.78 is 10.2. The lowest BCUT2D eigenvalue weighted by molar-refractivity contribution is 0.0337. The van der Waals surface area contributed by atoms with Crippen LogP contribution in [0.2, 0.25) is 0 Å². The highest BCUT2D eigenvalue weighted by Gasteiger charge is 2.39. The Morgan fingerprint density at radius 3 is 2.50 bits per heavy atom. The topological polar surface area (TPSA) is 64.5 Å². The van der Waals surface area contributed by atoms with E-state index in [1.165, 1.54) is 39.7 Å². The number of hydrogen-bond donors (Lipinski definition) is 0. The molecule has 2 aliphatic heterocycles. The molecule has 0 saturated carbocycles. The SMILES string of the molecule is COc1ncc(C(=O)C2CC3CCCC(C2)N3C)c(OC)n1. The van der Waals surface area contributed by atoms with Crippen LogP contribution in [0.4, 0.5) is 0 Å². The van der Waals surface area contributed by atoms with Crippen molar-refractivity contribution in [2.45, 2.75) is 44.2 Å². The molecule has 0 amide bonds. The maximum absolute atomic E-state index is 12.9. The number of rotatable bonds is 4. The summed E-state index contributed by atoms with van der Waals surface area (Å²) in [5.74, 6) is 0.447. The molecule has 1 aromatic rings. The largest absolute Gasteiger partial charge is 0.480 e. The summed E-state index contributed by atoms with van der Waals surface area (Å²) in [5.41, 5.74) is 0.468. The van der Waals surface area contributed by atoms with E-state index in [4.69, 9.17) is 9.47 Å². The third-order valence-electron chi connectivity index (χ3n) is 5.08. The van der Waals surface area contributed by atoms with Gasteiger partial charge < -0.3 is 14.4 Å². The van der Waals surface area contributed by atoms with Crippen LogP contribution in [0.1, 0.15) is 42.5 Å². The lowest BCUT2D eigenvalue weighted by atomic mass is 9.76. The van der Waals surface area contributed by atoms with Gasteiger partial charge in [-0.1, -0.05) is 6.42 Å². The van der Waals surface area contributed by atoms with Crippen LogP contribution in [0.5, 0.6) is 11.9 Å². The Bertz CT molecular complexity index is 550. The molecule has 2 atom stereocenters. The first kappa shape index (κ1) is 15.2. The molecule has 0 aliphatic carbocycles. The molecule has 2 aliphatic rings. The Balaban J connectivity index is 1.82. The summed E-state index contributed by atoms with van der Waals surface area (Å²) in [6.45, 7) is 0. The van der Waals surface area contributed by atoms with Crippen LogP contribution >= 0.6 is 0 Å². The van der Waals surface area contributed by atoms with Gasteiger partial charge in [0, 0.05) is 24.2 Å². The number of fused-ring (bicyclic) bond motifs is 2. The van der Waals surface area contributed by atoms with Crippen molar-refractivity contribution in [3.63, 3.8) is 0 Å². The predicted molar refractivity (Wildman–Crippen MR) is 81.4 cm³/mol. The van der Waals surface area contributed by atoms with Crippen molar-refractivity contribution in [3.8, 4) is 11.9 Å². The standard InChI is InChI=1S/C16H23N3O3/c1-19-11-5-4-6-12(19)8-10(7-11)14(20)13-9-17-16(22-3)18-15(13)21-2/h9-12H,4-8H2,1-3H3. The first-order valence-corrected chi connectivity index (χ1v) is 7.85. The van der Waals surface area contributed by atoms with Crippen LogP contribution in [0, 0.1) is 5.92 Å². The molecule has 3 heterocycles. The molecule has 1 aromatic heterocycles. The number of carbonyl (C=O) groups excluding carboxylic acids is 1. The fourth-order valence-corrected chi connectivity index (χ4v) is 3.82. The summed E-state index contributed by atoms with van der Waals surface area (Å²) in [6.07, 6.45) is 7.01. The number of hydrogen-bond acceptors (Lipinski definition) is 6. The van der Waals surface area contributed by atoms with Gasteiger partial charge in [-0.3, -0.25) is 4.79 Å². The molecule has 6 heteroatoms. The lowest BCUT2D eigenvalue weighted by Crippen LogP contribution is -2.51. The quantitative estimate of drug-likeness (QED) is 0.792. The van der Waals surface area contributed by atoms with Gasteiger partial charge in [0.15, 0.2) is 5.78 Å². The molecular formula is C16H23N3O3. The molecule has 3 rings (SSSR count). The van der Waals surface area contributed by atoms with Crippen LogP contribution in [-0.2, 0) is 0 Å². The average Bonchev–Trinajstić information content (AvgIpc) is 2.53. The minimum Gasteiger partial charge on any atom is -0.480 e. The fourth-order valence-electron chi connectivity index (χ4n) is 3.82. The zero-order valence-corrected chi connectivity index (χ0v) is 13.4. The van der Waals surface area contributed by atoms with E-state index in [0.717, 1.165) is 12.8 Å².